The Morgan fingerprint density at radius 1 is 1.00 bits per heavy atom. The van der Waals surface area contributed by atoms with Crippen molar-refractivity contribution in [2.45, 2.75) is 13.8 Å². The summed E-state index contributed by atoms with van der Waals surface area (Å²) < 4.78 is 0. The second-order valence-corrected chi connectivity index (χ2v) is 2.16. The second-order valence-electron chi connectivity index (χ2n) is 2.16. The summed E-state index contributed by atoms with van der Waals surface area (Å²) >= 11 is 0. The summed E-state index contributed by atoms with van der Waals surface area (Å²) in [7, 11) is 0. The zero-order valence-corrected chi connectivity index (χ0v) is 10.0. The predicted octanol–water partition coefficient (Wildman–Crippen LogP) is 2.58. The van der Waals surface area contributed by atoms with Gasteiger partial charge in [0.05, 0.1) is 0 Å². The molecule has 0 nitrogen and oxygen atoms in total. The Hall–Kier alpha value is 0.870. The minimum Gasteiger partial charge on any atom is -0.367 e. The predicted molar refractivity (Wildman–Crippen MR) is 37.3 cm³/mol. The van der Waals surface area contributed by atoms with Crippen molar-refractivity contribution in [1.82, 2.24) is 0 Å². The SMILES string of the molecule is [CH2-]C([CH2-])(C)C.[CH3-].[CH3-].[Hf+4]. The van der Waals surface area contributed by atoms with Gasteiger partial charge in [-0.15, -0.1) is 13.8 Å². The first-order valence-electron chi connectivity index (χ1n) is 1.71. The second kappa shape index (κ2) is 7.87. The molecule has 8 heavy (non-hydrogen) atoms. The quantitative estimate of drug-likeness (QED) is 0.472. The van der Waals surface area contributed by atoms with E-state index in [2.05, 4.69) is 13.8 Å². The summed E-state index contributed by atoms with van der Waals surface area (Å²) in [4.78, 5) is 0. The van der Waals surface area contributed by atoms with Crippen molar-refractivity contribution in [1.29, 1.82) is 0 Å². The van der Waals surface area contributed by atoms with Crippen LogP contribution in [0.25, 0.3) is 0 Å². The monoisotopic (exact) mass is 280 g/mol. The van der Waals surface area contributed by atoms with Gasteiger partial charge in [0, 0.05) is 0 Å². The van der Waals surface area contributed by atoms with Gasteiger partial charge in [0.2, 0.25) is 0 Å². The molecule has 0 bridgehead atoms. The Labute approximate surface area is 73.8 Å². The van der Waals surface area contributed by atoms with Crippen molar-refractivity contribution < 1.29 is 25.8 Å². The maximum atomic E-state index is 3.66. The van der Waals surface area contributed by atoms with Crippen molar-refractivity contribution in [3.63, 3.8) is 0 Å². The van der Waals surface area contributed by atoms with Gasteiger partial charge in [0.1, 0.15) is 0 Å². The fraction of sp³-hybridized carbons (Fsp3) is 0.429. The molecule has 0 unspecified atom stereocenters. The van der Waals surface area contributed by atoms with E-state index in [9.17, 15) is 0 Å². The van der Waals surface area contributed by atoms with E-state index in [1.807, 2.05) is 13.8 Å². The Bertz CT molecular complexity index is 19.9. The van der Waals surface area contributed by atoms with Crippen molar-refractivity contribution >= 4 is 0 Å². The minimum absolute atomic E-state index is 0. The first-order chi connectivity index (χ1) is 2.00. The van der Waals surface area contributed by atoms with E-state index in [0.29, 0.717) is 0 Å². The molecule has 0 rings (SSSR count). The molecule has 0 aliphatic heterocycles. The van der Waals surface area contributed by atoms with Crippen molar-refractivity contribution in [2.24, 2.45) is 5.41 Å². The minimum atomic E-state index is 0. The van der Waals surface area contributed by atoms with Gasteiger partial charge in [-0.3, -0.25) is 5.41 Å². The number of hydrogen-bond acceptors (Lipinski definition) is 0. The molecule has 0 radical (unpaired) electrons. The number of hydrogen-bond donors (Lipinski definition) is 0. The average molecular weight is 279 g/mol. The zero-order valence-electron chi connectivity index (χ0n) is 6.41. The Morgan fingerprint density at radius 2 is 1.00 bits per heavy atom. The van der Waals surface area contributed by atoms with Gasteiger partial charge in [-0.05, 0) is 0 Å². The first kappa shape index (κ1) is 23.2. The molecule has 0 aromatic heterocycles. The molecule has 0 aromatic carbocycles. The van der Waals surface area contributed by atoms with Gasteiger partial charge < -0.3 is 28.7 Å². The first-order valence-corrected chi connectivity index (χ1v) is 1.71. The van der Waals surface area contributed by atoms with E-state index in [0.717, 1.165) is 0 Å². The molecule has 0 saturated carbocycles. The molecule has 0 aliphatic carbocycles. The van der Waals surface area contributed by atoms with Crippen molar-refractivity contribution in [3.8, 4) is 0 Å². The smallest absolute Gasteiger partial charge is 0.367 e. The third kappa shape index (κ3) is 313. The molecule has 0 spiro atoms. The van der Waals surface area contributed by atoms with E-state index in [1.54, 1.807) is 0 Å². The molecule has 0 N–H and O–H groups in total. The van der Waals surface area contributed by atoms with Crippen LogP contribution in [0, 0.1) is 34.1 Å². The Morgan fingerprint density at radius 3 is 1.00 bits per heavy atom. The summed E-state index contributed by atoms with van der Waals surface area (Å²) in [6.45, 7) is 11.2. The van der Waals surface area contributed by atoms with Crippen LogP contribution in [0.2, 0.25) is 0 Å². The third-order valence-electron chi connectivity index (χ3n) is 0. The van der Waals surface area contributed by atoms with E-state index in [4.69, 9.17) is 0 Å². The van der Waals surface area contributed by atoms with Gasteiger partial charge >= 0.3 is 25.8 Å². The van der Waals surface area contributed by atoms with Gasteiger partial charge in [-0.2, -0.15) is 0 Å². The van der Waals surface area contributed by atoms with Gasteiger partial charge in [-0.1, -0.05) is 0 Å². The molecular weight excluding hydrogens is 263 g/mol. The number of rotatable bonds is 0. The van der Waals surface area contributed by atoms with Crippen LogP contribution in [0.15, 0.2) is 0 Å². The van der Waals surface area contributed by atoms with Crippen molar-refractivity contribution in [3.05, 3.63) is 28.7 Å². The van der Waals surface area contributed by atoms with Crippen LogP contribution in [0.1, 0.15) is 13.8 Å². The summed E-state index contributed by atoms with van der Waals surface area (Å²) in [6, 6.07) is 0. The summed E-state index contributed by atoms with van der Waals surface area (Å²) in [5.41, 5.74) is 0. The van der Waals surface area contributed by atoms with Crippen molar-refractivity contribution in [2.75, 3.05) is 0 Å². The molecule has 0 atom stereocenters. The molecule has 0 heterocycles. The molecule has 1 heteroatoms. The zero-order chi connectivity index (χ0) is 4.50. The van der Waals surface area contributed by atoms with E-state index in [1.165, 1.54) is 0 Å². The maximum Gasteiger partial charge on any atom is 4.00 e. The molecule has 0 saturated heterocycles. The van der Waals surface area contributed by atoms with E-state index in [-0.39, 0.29) is 46.1 Å². The van der Waals surface area contributed by atoms with Crippen LogP contribution in [0.3, 0.4) is 0 Å². The van der Waals surface area contributed by atoms with Crippen LogP contribution in [-0.2, 0) is 25.8 Å². The maximum absolute atomic E-state index is 3.66. The van der Waals surface area contributed by atoms with Crippen LogP contribution < -0.4 is 0 Å². The molecule has 0 fully saturated rings. The normalized spacial score (nSPS) is 7.50. The molecular formula is C7H16Hf. The topological polar surface area (TPSA) is 0 Å². The van der Waals surface area contributed by atoms with Crippen LogP contribution in [0.5, 0.6) is 0 Å². The Kier molecular flexibility index (Phi) is 22.8. The molecule has 0 aromatic rings. The molecule has 0 amide bonds. The van der Waals surface area contributed by atoms with Crippen LogP contribution in [-0.4, -0.2) is 0 Å². The van der Waals surface area contributed by atoms with Gasteiger partial charge in [-0.25, -0.2) is 0 Å². The van der Waals surface area contributed by atoms with Crippen LogP contribution >= 0.6 is 0 Å². The van der Waals surface area contributed by atoms with Gasteiger partial charge in [0.25, 0.3) is 0 Å². The average Bonchev–Trinajstić information content (AvgIpc) is 0.722. The van der Waals surface area contributed by atoms with E-state index < -0.39 is 0 Å². The largest absolute Gasteiger partial charge is 4.00 e. The fourth-order valence-electron chi connectivity index (χ4n) is 0. The van der Waals surface area contributed by atoms with Gasteiger partial charge in [0.15, 0.2) is 0 Å². The standard InChI is InChI=1S/C5H10.2CH3.Hf/c1-5(2,3)4;;;/h1-2H2,3-4H3;2*1H3;/q-2;2*-1;+4. The fourth-order valence-corrected chi connectivity index (χ4v) is 0. The summed E-state index contributed by atoms with van der Waals surface area (Å²) in [5, 5.41) is 0. The molecule has 0 aliphatic rings. The summed E-state index contributed by atoms with van der Waals surface area (Å²) in [6.07, 6.45) is 0. The van der Waals surface area contributed by atoms with E-state index >= 15 is 0 Å². The van der Waals surface area contributed by atoms with Crippen LogP contribution in [0.4, 0.5) is 0 Å². The third-order valence-corrected chi connectivity index (χ3v) is 0. The summed E-state index contributed by atoms with van der Waals surface area (Å²) in [5.74, 6) is 0. The Balaban J connectivity index is -0.0000000267. The molecule has 48 valence electrons.